The maximum atomic E-state index is 6.67. The molecule has 0 saturated heterocycles. The second kappa shape index (κ2) is 42.9. The molecule has 0 aliphatic heterocycles. The minimum absolute atomic E-state index is 0. The van der Waals surface area contributed by atoms with Crippen LogP contribution in [-0.4, -0.2) is 43.4 Å². The third-order valence-electron chi connectivity index (χ3n) is 1.81. The number of hydrogen-bond donors (Lipinski definition) is 0. The monoisotopic (exact) mass is 418 g/mol. The maximum absolute atomic E-state index is 6.67. The Balaban J connectivity index is -0.0000000632. The van der Waals surface area contributed by atoms with E-state index in [2.05, 4.69) is 47.5 Å². The standard InChI is InChI=1S/C7H11O2.3C4H9.Sn/c1-4-7(8-5-2)9-6-3;3*1-3-4-2;/h7H,5-6H2,2-3H3;3*1,3-4H2,2H3;. The third kappa shape index (κ3) is 59.2. The largest absolute Gasteiger partial charge is 0.342 e. The second-order valence-electron chi connectivity index (χ2n) is 3.95. The van der Waals surface area contributed by atoms with Gasteiger partial charge in [0, 0.05) is 37.1 Å². The van der Waals surface area contributed by atoms with Gasteiger partial charge in [-0.1, -0.05) is 80.1 Å². The topological polar surface area (TPSA) is 18.5 Å². The van der Waals surface area contributed by atoms with Gasteiger partial charge < -0.3 is 9.47 Å². The predicted molar refractivity (Wildman–Crippen MR) is 101 cm³/mol. The maximum Gasteiger partial charge on any atom is 0.223 e. The number of unbranched alkanes of at least 4 members (excludes halogenated alkanes) is 3. The molecule has 0 fully saturated rings. The normalized spacial score (nSPS) is 8.00. The van der Waals surface area contributed by atoms with Gasteiger partial charge in [-0.3, -0.25) is 0 Å². The molecule has 0 aromatic rings. The molecule has 0 atom stereocenters. The van der Waals surface area contributed by atoms with Gasteiger partial charge in [0.05, 0.1) is 0 Å². The zero-order valence-corrected chi connectivity index (χ0v) is 18.5. The molecule has 22 heavy (non-hydrogen) atoms. The summed E-state index contributed by atoms with van der Waals surface area (Å²) >= 11 is 0. The van der Waals surface area contributed by atoms with E-state index in [-0.39, 0.29) is 23.9 Å². The van der Waals surface area contributed by atoms with Gasteiger partial charge in [0.1, 0.15) is 0 Å². The predicted octanol–water partition coefficient (Wildman–Crippen LogP) is 5.46. The molecule has 0 amide bonds. The average Bonchev–Trinajstić information content (AvgIpc) is 2.55. The van der Waals surface area contributed by atoms with Crippen LogP contribution < -0.4 is 0 Å². The van der Waals surface area contributed by atoms with Crippen molar-refractivity contribution in [2.24, 2.45) is 0 Å². The van der Waals surface area contributed by atoms with Gasteiger partial charge in [-0.05, 0) is 26.2 Å². The molecule has 0 N–H and O–H groups in total. The fourth-order valence-electron chi connectivity index (χ4n) is 0.434. The molecule has 0 rings (SSSR count). The molecule has 130 valence electrons. The van der Waals surface area contributed by atoms with E-state index in [1.54, 1.807) is 0 Å². The van der Waals surface area contributed by atoms with Crippen LogP contribution in [0.3, 0.4) is 0 Å². The summed E-state index contributed by atoms with van der Waals surface area (Å²) < 4.78 is 9.82. The van der Waals surface area contributed by atoms with Crippen LogP contribution in [0.4, 0.5) is 0 Å². The molecule has 2 nitrogen and oxygen atoms in total. The Labute approximate surface area is 159 Å². The quantitative estimate of drug-likeness (QED) is 0.311. The zero-order valence-electron chi connectivity index (χ0n) is 15.7. The van der Waals surface area contributed by atoms with Crippen molar-refractivity contribution in [2.75, 3.05) is 13.2 Å². The van der Waals surface area contributed by atoms with Crippen molar-refractivity contribution in [2.45, 2.75) is 79.4 Å². The van der Waals surface area contributed by atoms with Gasteiger partial charge in [-0.25, -0.2) is 0 Å². The van der Waals surface area contributed by atoms with Gasteiger partial charge in [-0.15, -0.1) is 0 Å². The van der Waals surface area contributed by atoms with Crippen molar-refractivity contribution >= 4 is 23.9 Å². The van der Waals surface area contributed by atoms with Crippen LogP contribution in [0.2, 0.25) is 0 Å². The Bertz CT molecular complexity index is 146. The molecule has 0 spiro atoms. The van der Waals surface area contributed by atoms with Crippen LogP contribution in [-0.2, 0) is 9.47 Å². The van der Waals surface area contributed by atoms with Crippen LogP contribution in [0.25, 0.3) is 0 Å². The SMILES string of the molecule is [CH2]CCC.[CH2]CCC.[CH2]CCC.[C]#CC(OCC)OCC.[Sn]. The van der Waals surface area contributed by atoms with Crippen LogP contribution in [0.1, 0.15) is 73.1 Å². The van der Waals surface area contributed by atoms with Crippen molar-refractivity contribution in [3.8, 4) is 5.92 Å². The minimum atomic E-state index is -0.569. The summed E-state index contributed by atoms with van der Waals surface area (Å²) in [6, 6.07) is 0. The number of ether oxygens (including phenoxy) is 2. The zero-order chi connectivity index (χ0) is 17.4. The van der Waals surface area contributed by atoms with Crippen molar-refractivity contribution in [3.05, 3.63) is 27.2 Å². The van der Waals surface area contributed by atoms with Crippen LogP contribution in [0.5, 0.6) is 0 Å². The summed E-state index contributed by atoms with van der Waals surface area (Å²) in [6.07, 6.45) is 12.9. The Morgan fingerprint density at radius 2 is 1.00 bits per heavy atom. The average molecular weight is 417 g/mol. The summed E-state index contributed by atoms with van der Waals surface area (Å²) in [7, 11) is 0. The van der Waals surface area contributed by atoms with Crippen molar-refractivity contribution in [1.82, 2.24) is 0 Å². The van der Waals surface area contributed by atoms with Gasteiger partial charge >= 0.3 is 0 Å². The van der Waals surface area contributed by atoms with Crippen LogP contribution in [0, 0.1) is 33.1 Å². The number of hydrogen-bond acceptors (Lipinski definition) is 2. The van der Waals surface area contributed by atoms with E-state index in [1.165, 1.54) is 19.3 Å². The summed E-state index contributed by atoms with van der Waals surface area (Å²) in [5, 5.41) is 0. The van der Waals surface area contributed by atoms with Gasteiger partial charge in [0.2, 0.25) is 6.29 Å². The van der Waals surface area contributed by atoms with E-state index >= 15 is 0 Å². The molecule has 0 aliphatic rings. The molecule has 0 bridgehead atoms. The van der Waals surface area contributed by atoms with Crippen LogP contribution in [0.15, 0.2) is 0 Å². The van der Waals surface area contributed by atoms with Gasteiger partial charge in [0.15, 0.2) is 0 Å². The smallest absolute Gasteiger partial charge is 0.223 e. The van der Waals surface area contributed by atoms with E-state index in [0.717, 1.165) is 19.3 Å². The molecule has 3 heteroatoms. The fourth-order valence-corrected chi connectivity index (χ4v) is 0.434. The van der Waals surface area contributed by atoms with Crippen molar-refractivity contribution < 1.29 is 9.47 Å². The summed E-state index contributed by atoms with van der Waals surface area (Å²) in [4.78, 5) is 0. The van der Waals surface area contributed by atoms with E-state index in [9.17, 15) is 0 Å². The molecule has 0 saturated carbocycles. The number of rotatable bonds is 7. The minimum Gasteiger partial charge on any atom is -0.342 e. The molecule has 0 heterocycles. The Kier molecular flexibility index (Phi) is 65.9. The van der Waals surface area contributed by atoms with E-state index in [0.29, 0.717) is 13.2 Å². The summed E-state index contributed by atoms with van der Waals surface area (Å²) in [5.74, 6) is 2.11. The molecule has 0 unspecified atom stereocenters. The third-order valence-corrected chi connectivity index (χ3v) is 1.81. The first-order valence-electron chi connectivity index (χ1n) is 8.12. The summed E-state index contributed by atoms with van der Waals surface area (Å²) in [5.41, 5.74) is 0. The van der Waals surface area contributed by atoms with E-state index in [4.69, 9.17) is 15.9 Å². The van der Waals surface area contributed by atoms with E-state index < -0.39 is 6.29 Å². The van der Waals surface area contributed by atoms with E-state index in [1.807, 2.05) is 13.8 Å². The molecule has 0 aromatic carbocycles. The first-order valence-corrected chi connectivity index (χ1v) is 8.12. The molecular formula is C19H38O2Sn. The molecule has 8 radical (unpaired) electrons. The van der Waals surface area contributed by atoms with Gasteiger partial charge in [-0.2, -0.15) is 0 Å². The van der Waals surface area contributed by atoms with Crippen LogP contribution >= 0.6 is 0 Å². The molecule has 0 aliphatic carbocycles. The Hall–Kier alpha value is 0.279. The molecule has 0 aromatic heterocycles. The second-order valence-corrected chi connectivity index (χ2v) is 3.95. The van der Waals surface area contributed by atoms with Crippen molar-refractivity contribution in [3.63, 3.8) is 0 Å². The Morgan fingerprint density at radius 1 is 0.773 bits per heavy atom. The first-order chi connectivity index (χ1) is 10.1. The van der Waals surface area contributed by atoms with Crippen molar-refractivity contribution in [1.29, 1.82) is 0 Å². The summed E-state index contributed by atoms with van der Waals surface area (Å²) in [6.45, 7) is 22.0. The Morgan fingerprint density at radius 3 is 1.09 bits per heavy atom. The fraction of sp³-hybridized carbons (Fsp3) is 0.737. The first kappa shape index (κ1) is 33.8. The van der Waals surface area contributed by atoms with Gasteiger partial charge in [0.25, 0.3) is 0 Å². The molecular weight excluding hydrogens is 379 g/mol.